The number of thiophene rings is 1. The van der Waals surface area contributed by atoms with Crippen LogP contribution in [0.25, 0.3) is 0 Å². The fraction of sp³-hybridized carbons (Fsp3) is 0.688. The van der Waals surface area contributed by atoms with Crippen molar-refractivity contribution in [3.8, 4) is 0 Å². The average molecular weight is 292 g/mol. The van der Waals surface area contributed by atoms with Crippen molar-refractivity contribution in [2.24, 2.45) is 5.92 Å². The van der Waals surface area contributed by atoms with Crippen molar-refractivity contribution < 1.29 is 4.79 Å². The lowest BCUT2D eigenvalue weighted by molar-refractivity contribution is -0.137. The molecule has 3 rings (SSSR count). The van der Waals surface area contributed by atoms with Crippen LogP contribution in [0, 0.1) is 5.92 Å². The normalized spacial score (nSPS) is 30.1. The quantitative estimate of drug-likeness (QED) is 0.909. The standard InChI is InChI=1S/C16H24N2OS/c1-3-12-4-7-17-14(10-12)16(19)18-8-5-15-13(11(18)2)6-9-20-15/h6,9,11-12,14,17H,3-5,7-8,10H2,1-2H3. The smallest absolute Gasteiger partial charge is 0.240 e. The molecule has 0 saturated carbocycles. The molecule has 2 aliphatic rings. The van der Waals surface area contributed by atoms with Crippen LogP contribution in [0.3, 0.4) is 0 Å². The second kappa shape index (κ2) is 5.86. The van der Waals surface area contributed by atoms with Gasteiger partial charge in [0.15, 0.2) is 0 Å². The van der Waals surface area contributed by atoms with Crippen LogP contribution in [0.15, 0.2) is 11.4 Å². The van der Waals surface area contributed by atoms with E-state index >= 15 is 0 Å². The van der Waals surface area contributed by atoms with Gasteiger partial charge in [-0.25, -0.2) is 0 Å². The third-order valence-electron chi connectivity index (χ3n) is 4.95. The summed E-state index contributed by atoms with van der Waals surface area (Å²) in [5.74, 6) is 1.02. The number of nitrogens with zero attached hydrogens (tertiary/aromatic N) is 1. The van der Waals surface area contributed by atoms with Crippen LogP contribution >= 0.6 is 11.3 Å². The fourth-order valence-corrected chi connectivity index (χ4v) is 4.53. The van der Waals surface area contributed by atoms with Crippen molar-refractivity contribution in [2.45, 2.75) is 51.6 Å². The zero-order valence-electron chi connectivity index (χ0n) is 12.4. The van der Waals surface area contributed by atoms with Crippen molar-refractivity contribution in [3.63, 3.8) is 0 Å². The number of rotatable bonds is 2. The second-order valence-electron chi connectivity index (χ2n) is 6.06. The van der Waals surface area contributed by atoms with Crippen LogP contribution < -0.4 is 5.32 Å². The van der Waals surface area contributed by atoms with Gasteiger partial charge in [0.2, 0.25) is 5.91 Å². The molecule has 3 nitrogen and oxygen atoms in total. The molecule has 20 heavy (non-hydrogen) atoms. The van der Waals surface area contributed by atoms with E-state index < -0.39 is 0 Å². The Morgan fingerprint density at radius 1 is 1.55 bits per heavy atom. The minimum absolute atomic E-state index is 0.0383. The molecule has 4 heteroatoms. The van der Waals surface area contributed by atoms with Gasteiger partial charge in [0.25, 0.3) is 0 Å². The van der Waals surface area contributed by atoms with E-state index in [0.717, 1.165) is 25.9 Å². The molecule has 110 valence electrons. The number of carbonyl (C=O) groups excluding carboxylic acids is 1. The number of amides is 1. The van der Waals surface area contributed by atoms with Crippen LogP contribution in [-0.4, -0.2) is 29.9 Å². The van der Waals surface area contributed by atoms with Crippen molar-refractivity contribution in [1.82, 2.24) is 10.2 Å². The van der Waals surface area contributed by atoms with Crippen LogP contribution in [0.5, 0.6) is 0 Å². The lowest BCUT2D eigenvalue weighted by Crippen LogP contribution is -2.52. The Labute approximate surface area is 125 Å². The average Bonchev–Trinajstić information content (AvgIpc) is 2.96. The van der Waals surface area contributed by atoms with Crippen molar-refractivity contribution in [3.05, 3.63) is 21.9 Å². The summed E-state index contributed by atoms with van der Waals surface area (Å²) >= 11 is 1.83. The highest BCUT2D eigenvalue weighted by molar-refractivity contribution is 7.10. The van der Waals surface area contributed by atoms with Crippen molar-refractivity contribution in [2.75, 3.05) is 13.1 Å². The number of piperidine rings is 1. The topological polar surface area (TPSA) is 32.3 Å². The Balaban J connectivity index is 1.71. The molecule has 1 amide bonds. The molecular weight excluding hydrogens is 268 g/mol. The first-order valence-corrected chi connectivity index (χ1v) is 8.68. The Bertz CT molecular complexity index is 485. The summed E-state index contributed by atoms with van der Waals surface area (Å²) in [6.45, 7) is 6.27. The first kappa shape index (κ1) is 14.1. The maximum Gasteiger partial charge on any atom is 0.240 e. The van der Waals surface area contributed by atoms with Crippen LogP contribution in [0.1, 0.15) is 49.6 Å². The molecule has 1 N–H and O–H groups in total. The minimum atomic E-state index is 0.0383. The second-order valence-corrected chi connectivity index (χ2v) is 7.06. The first-order chi connectivity index (χ1) is 9.70. The Kier molecular flexibility index (Phi) is 4.13. The van der Waals surface area contributed by atoms with Gasteiger partial charge in [-0.05, 0) is 55.7 Å². The van der Waals surface area contributed by atoms with Gasteiger partial charge < -0.3 is 10.2 Å². The largest absolute Gasteiger partial charge is 0.334 e. The molecule has 1 aromatic heterocycles. The molecule has 3 unspecified atom stereocenters. The third kappa shape index (κ3) is 2.51. The summed E-state index contributed by atoms with van der Waals surface area (Å²) in [5.41, 5.74) is 1.36. The van der Waals surface area contributed by atoms with Crippen LogP contribution in [-0.2, 0) is 11.2 Å². The predicted molar refractivity (Wildman–Crippen MR) is 83.0 cm³/mol. The molecule has 3 atom stereocenters. The maximum absolute atomic E-state index is 12.8. The molecular formula is C16H24N2OS. The van der Waals surface area contributed by atoms with Gasteiger partial charge in [0.05, 0.1) is 12.1 Å². The summed E-state index contributed by atoms with van der Waals surface area (Å²) in [4.78, 5) is 16.4. The van der Waals surface area contributed by atoms with E-state index in [1.54, 1.807) is 0 Å². The van der Waals surface area contributed by atoms with Gasteiger partial charge in [-0.15, -0.1) is 11.3 Å². The number of fused-ring (bicyclic) bond motifs is 1. The number of nitrogens with one attached hydrogen (secondary N) is 1. The van der Waals surface area contributed by atoms with E-state index in [-0.39, 0.29) is 12.1 Å². The molecule has 1 aromatic rings. The Morgan fingerprint density at radius 2 is 2.40 bits per heavy atom. The fourth-order valence-electron chi connectivity index (χ4n) is 3.57. The lowest BCUT2D eigenvalue weighted by atomic mass is 9.89. The van der Waals surface area contributed by atoms with Gasteiger partial charge in [0.1, 0.15) is 0 Å². The SMILES string of the molecule is CCC1CCNC(C(=O)N2CCc3sccc3C2C)C1. The van der Waals surface area contributed by atoms with Gasteiger partial charge in [0, 0.05) is 11.4 Å². The number of hydrogen-bond donors (Lipinski definition) is 1. The third-order valence-corrected chi connectivity index (χ3v) is 5.94. The van der Waals surface area contributed by atoms with Gasteiger partial charge in [-0.1, -0.05) is 13.3 Å². The first-order valence-electron chi connectivity index (χ1n) is 7.80. The van der Waals surface area contributed by atoms with E-state index in [4.69, 9.17) is 0 Å². The highest BCUT2D eigenvalue weighted by Gasteiger charge is 2.34. The zero-order chi connectivity index (χ0) is 14.1. The van der Waals surface area contributed by atoms with E-state index in [2.05, 4.69) is 35.5 Å². The van der Waals surface area contributed by atoms with Gasteiger partial charge in [-0.3, -0.25) is 4.79 Å². The molecule has 1 fully saturated rings. The molecule has 0 bridgehead atoms. The molecule has 0 aliphatic carbocycles. The van der Waals surface area contributed by atoms with Crippen molar-refractivity contribution in [1.29, 1.82) is 0 Å². The summed E-state index contributed by atoms with van der Waals surface area (Å²) in [5, 5.41) is 5.58. The zero-order valence-corrected chi connectivity index (χ0v) is 13.2. The summed E-state index contributed by atoms with van der Waals surface area (Å²) in [6.07, 6.45) is 4.43. The van der Waals surface area contributed by atoms with Crippen molar-refractivity contribution >= 4 is 17.2 Å². The monoisotopic (exact) mass is 292 g/mol. The van der Waals surface area contributed by atoms with E-state index in [1.807, 2.05) is 11.3 Å². The lowest BCUT2D eigenvalue weighted by Gasteiger charge is -2.38. The Morgan fingerprint density at radius 3 is 3.20 bits per heavy atom. The van der Waals surface area contributed by atoms with E-state index in [0.29, 0.717) is 11.8 Å². The summed E-state index contributed by atoms with van der Waals surface area (Å²) in [7, 11) is 0. The van der Waals surface area contributed by atoms with E-state index in [1.165, 1.54) is 23.3 Å². The molecule has 3 heterocycles. The molecule has 1 saturated heterocycles. The molecule has 2 aliphatic heterocycles. The van der Waals surface area contributed by atoms with Crippen LogP contribution in [0.4, 0.5) is 0 Å². The van der Waals surface area contributed by atoms with Gasteiger partial charge >= 0.3 is 0 Å². The highest BCUT2D eigenvalue weighted by atomic mass is 32.1. The maximum atomic E-state index is 12.8. The molecule has 0 radical (unpaired) electrons. The molecule has 0 aromatic carbocycles. The minimum Gasteiger partial charge on any atom is -0.334 e. The summed E-state index contributed by atoms with van der Waals surface area (Å²) < 4.78 is 0. The summed E-state index contributed by atoms with van der Waals surface area (Å²) in [6, 6.07) is 2.46. The molecule has 0 spiro atoms. The highest BCUT2D eigenvalue weighted by Crippen LogP contribution is 2.34. The predicted octanol–water partition coefficient (Wildman–Crippen LogP) is 2.97. The Hall–Kier alpha value is -0.870. The number of hydrogen-bond acceptors (Lipinski definition) is 3. The van der Waals surface area contributed by atoms with Gasteiger partial charge in [-0.2, -0.15) is 0 Å². The van der Waals surface area contributed by atoms with Crippen LogP contribution in [0.2, 0.25) is 0 Å². The number of carbonyl (C=O) groups is 1. The van der Waals surface area contributed by atoms with E-state index in [9.17, 15) is 4.79 Å².